The van der Waals surface area contributed by atoms with Crippen LogP contribution in [0.15, 0.2) is 47.6 Å². The molecule has 3 nitrogen and oxygen atoms in total. The number of benzene rings is 2. The summed E-state index contributed by atoms with van der Waals surface area (Å²) in [7, 11) is 0. The maximum atomic E-state index is 11.8. The van der Waals surface area contributed by atoms with Gasteiger partial charge in [-0.15, -0.1) is 0 Å². The number of rotatable bonds is 4. The molecule has 0 amide bonds. The van der Waals surface area contributed by atoms with Gasteiger partial charge in [0.1, 0.15) is 0 Å². The SMILES string of the molecule is Cc1ccc(C(=O)/C=N/Nc2cc(Cl)cc(Cl)c2)cc1. The Labute approximate surface area is 127 Å². The van der Waals surface area contributed by atoms with E-state index in [9.17, 15) is 4.79 Å². The van der Waals surface area contributed by atoms with Crippen LogP contribution in [0.5, 0.6) is 0 Å². The molecule has 2 rings (SSSR count). The molecule has 0 saturated heterocycles. The number of hydrazone groups is 1. The van der Waals surface area contributed by atoms with Crippen LogP contribution in [0.1, 0.15) is 15.9 Å². The lowest BCUT2D eigenvalue weighted by Crippen LogP contribution is -2.02. The predicted molar refractivity (Wildman–Crippen MR) is 84.1 cm³/mol. The molecule has 0 fully saturated rings. The standard InChI is InChI=1S/C15H12Cl2N2O/c1-10-2-4-11(5-3-10)15(20)9-18-19-14-7-12(16)6-13(17)8-14/h2-9,19H,1H3/b18-9+. The number of carbonyl (C=O) groups is 1. The van der Waals surface area contributed by atoms with E-state index in [2.05, 4.69) is 10.5 Å². The lowest BCUT2D eigenvalue weighted by atomic mass is 10.1. The number of halogens is 2. The minimum absolute atomic E-state index is 0.175. The van der Waals surface area contributed by atoms with E-state index in [1.807, 2.05) is 19.1 Å². The minimum atomic E-state index is -0.175. The van der Waals surface area contributed by atoms with Crippen LogP contribution in [0, 0.1) is 6.92 Å². The molecule has 0 aliphatic carbocycles. The van der Waals surface area contributed by atoms with Crippen molar-refractivity contribution in [3.8, 4) is 0 Å². The molecule has 0 radical (unpaired) electrons. The first kappa shape index (κ1) is 14.6. The molecule has 0 atom stereocenters. The van der Waals surface area contributed by atoms with E-state index in [4.69, 9.17) is 23.2 Å². The number of ketones is 1. The predicted octanol–water partition coefficient (Wildman–Crippen LogP) is 4.58. The molecular formula is C15H12Cl2N2O. The molecular weight excluding hydrogens is 295 g/mol. The summed E-state index contributed by atoms with van der Waals surface area (Å²) < 4.78 is 0. The van der Waals surface area contributed by atoms with Crippen LogP contribution in [-0.4, -0.2) is 12.0 Å². The number of anilines is 1. The van der Waals surface area contributed by atoms with E-state index in [1.165, 1.54) is 6.21 Å². The number of Topliss-reactive ketones (excluding diaryl/α,β-unsaturated/α-hetero) is 1. The van der Waals surface area contributed by atoms with Gasteiger partial charge in [0.2, 0.25) is 5.78 Å². The van der Waals surface area contributed by atoms with E-state index in [0.29, 0.717) is 21.3 Å². The number of aryl methyl sites for hydroxylation is 1. The lowest BCUT2D eigenvalue weighted by Gasteiger charge is -2.01. The molecule has 0 spiro atoms. The molecule has 0 aromatic heterocycles. The second kappa shape index (κ2) is 6.55. The zero-order valence-electron chi connectivity index (χ0n) is 10.7. The first-order chi connectivity index (χ1) is 9.54. The van der Waals surface area contributed by atoms with Crippen LogP contribution in [0.2, 0.25) is 10.0 Å². The zero-order chi connectivity index (χ0) is 14.5. The fraction of sp³-hybridized carbons (Fsp3) is 0.0667. The van der Waals surface area contributed by atoms with Gasteiger partial charge < -0.3 is 0 Å². The van der Waals surface area contributed by atoms with Crippen molar-refractivity contribution in [3.63, 3.8) is 0 Å². The second-order valence-corrected chi connectivity index (χ2v) is 5.13. The average Bonchev–Trinajstić information content (AvgIpc) is 2.38. The van der Waals surface area contributed by atoms with E-state index in [1.54, 1.807) is 30.3 Å². The zero-order valence-corrected chi connectivity index (χ0v) is 12.2. The van der Waals surface area contributed by atoms with Crippen LogP contribution < -0.4 is 5.43 Å². The van der Waals surface area contributed by atoms with Crippen LogP contribution in [0.3, 0.4) is 0 Å². The van der Waals surface area contributed by atoms with Crippen molar-refractivity contribution in [1.29, 1.82) is 0 Å². The Hall–Kier alpha value is -1.84. The summed E-state index contributed by atoms with van der Waals surface area (Å²) in [5.74, 6) is -0.175. The topological polar surface area (TPSA) is 41.5 Å². The summed E-state index contributed by atoms with van der Waals surface area (Å²) in [6.45, 7) is 1.97. The summed E-state index contributed by atoms with van der Waals surface area (Å²) in [5, 5.41) is 4.88. The molecule has 2 aromatic rings. The fourth-order valence-electron chi connectivity index (χ4n) is 1.58. The van der Waals surface area contributed by atoms with Gasteiger partial charge in [-0.3, -0.25) is 10.2 Å². The first-order valence-corrected chi connectivity index (χ1v) is 6.66. The monoisotopic (exact) mass is 306 g/mol. The lowest BCUT2D eigenvalue weighted by molar-refractivity contribution is 0.107. The largest absolute Gasteiger partial charge is 0.287 e. The van der Waals surface area contributed by atoms with Gasteiger partial charge in [-0.1, -0.05) is 53.0 Å². The molecule has 102 valence electrons. The van der Waals surface area contributed by atoms with Crippen LogP contribution >= 0.6 is 23.2 Å². The third kappa shape index (κ3) is 4.08. The fourth-order valence-corrected chi connectivity index (χ4v) is 2.10. The summed E-state index contributed by atoms with van der Waals surface area (Å²) in [6, 6.07) is 12.2. The minimum Gasteiger partial charge on any atom is -0.287 e. The van der Waals surface area contributed by atoms with Crippen LogP contribution in [0.4, 0.5) is 5.69 Å². The number of nitrogens with zero attached hydrogens (tertiary/aromatic N) is 1. The molecule has 5 heteroatoms. The molecule has 0 saturated carbocycles. The Morgan fingerprint density at radius 3 is 2.30 bits per heavy atom. The third-order valence-corrected chi connectivity index (χ3v) is 3.01. The van der Waals surface area contributed by atoms with E-state index < -0.39 is 0 Å². The van der Waals surface area contributed by atoms with E-state index in [-0.39, 0.29) is 5.78 Å². The molecule has 0 bridgehead atoms. The van der Waals surface area contributed by atoms with Gasteiger partial charge in [-0.05, 0) is 25.1 Å². The molecule has 0 aliphatic rings. The van der Waals surface area contributed by atoms with Gasteiger partial charge >= 0.3 is 0 Å². The summed E-state index contributed by atoms with van der Waals surface area (Å²) in [4.78, 5) is 11.8. The van der Waals surface area contributed by atoms with Gasteiger partial charge in [0.05, 0.1) is 11.9 Å². The Balaban J connectivity index is 2.02. The summed E-state index contributed by atoms with van der Waals surface area (Å²) in [5.41, 5.74) is 5.03. The van der Waals surface area contributed by atoms with Crippen LogP contribution in [0.25, 0.3) is 0 Å². The molecule has 0 aliphatic heterocycles. The second-order valence-electron chi connectivity index (χ2n) is 4.26. The Morgan fingerprint density at radius 1 is 1.10 bits per heavy atom. The van der Waals surface area contributed by atoms with Crippen molar-refractivity contribution in [3.05, 3.63) is 63.6 Å². The van der Waals surface area contributed by atoms with Gasteiger partial charge in [-0.2, -0.15) is 5.10 Å². The molecule has 1 N–H and O–H groups in total. The Morgan fingerprint density at radius 2 is 1.70 bits per heavy atom. The normalized spacial score (nSPS) is 10.8. The highest BCUT2D eigenvalue weighted by molar-refractivity contribution is 6.36. The van der Waals surface area contributed by atoms with Crippen molar-refractivity contribution in [2.24, 2.45) is 5.10 Å². The Kier molecular flexibility index (Phi) is 4.77. The van der Waals surface area contributed by atoms with Crippen molar-refractivity contribution in [2.75, 3.05) is 5.43 Å². The van der Waals surface area contributed by atoms with Gasteiger partial charge in [0.25, 0.3) is 0 Å². The third-order valence-electron chi connectivity index (χ3n) is 2.57. The van der Waals surface area contributed by atoms with Gasteiger partial charge in [0, 0.05) is 15.6 Å². The van der Waals surface area contributed by atoms with Crippen LogP contribution in [-0.2, 0) is 0 Å². The first-order valence-electron chi connectivity index (χ1n) is 5.91. The van der Waals surface area contributed by atoms with Crippen molar-refractivity contribution in [2.45, 2.75) is 6.92 Å². The average molecular weight is 307 g/mol. The van der Waals surface area contributed by atoms with Crippen molar-refractivity contribution < 1.29 is 4.79 Å². The van der Waals surface area contributed by atoms with Crippen molar-refractivity contribution in [1.82, 2.24) is 0 Å². The highest BCUT2D eigenvalue weighted by Crippen LogP contribution is 2.22. The molecule has 0 heterocycles. The number of hydrogen-bond donors (Lipinski definition) is 1. The van der Waals surface area contributed by atoms with E-state index >= 15 is 0 Å². The van der Waals surface area contributed by atoms with Crippen molar-refractivity contribution >= 4 is 40.9 Å². The molecule has 20 heavy (non-hydrogen) atoms. The number of carbonyl (C=O) groups excluding carboxylic acids is 1. The molecule has 0 unspecified atom stereocenters. The van der Waals surface area contributed by atoms with E-state index in [0.717, 1.165) is 5.56 Å². The maximum Gasteiger partial charge on any atom is 0.205 e. The van der Waals surface area contributed by atoms with Gasteiger partial charge in [0.15, 0.2) is 0 Å². The molecule has 2 aromatic carbocycles. The summed E-state index contributed by atoms with van der Waals surface area (Å²) >= 11 is 11.7. The smallest absolute Gasteiger partial charge is 0.205 e. The van der Waals surface area contributed by atoms with Gasteiger partial charge in [-0.25, -0.2) is 0 Å². The highest BCUT2D eigenvalue weighted by atomic mass is 35.5. The maximum absolute atomic E-state index is 11.8. The summed E-state index contributed by atoms with van der Waals surface area (Å²) in [6.07, 6.45) is 1.22. The Bertz CT molecular complexity index is 631. The quantitative estimate of drug-likeness (QED) is 0.510. The highest BCUT2D eigenvalue weighted by Gasteiger charge is 2.01. The number of nitrogens with one attached hydrogen (secondary N) is 1. The number of hydrogen-bond acceptors (Lipinski definition) is 3.